The zero-order valence-corrected chi connectivity index (χ0v) is 15.8. The normalized spacial score (nSPS) is 10.6. The lowest BCUT2D eigenvalue weighted by molar-refractivity contribution is 0.0756. The molecule has 3 rings (SSSR count). The third-order valence-corrected chi connectivity index (χ3v) is 4.46. The highest BCUT2D eigenvalue weighted by Gasteiger charge is 2.19. The van der Waals surface area contributed by atoms with E-state index in [1.165, 1.54) is 0 Å². The van der Waals surface area contributed by atoms with Crippen molar-refractivity contribution in [2.75, 3.05) is 13.7 Å². The predicted octanol–water partition coefficient (Wildman–Crippen LogP) is 2.96. The van der Waals surface area contributed by atoms with Gasteiger partial charge in [0.25, 0.3) is 5.91 Å². The summed E-state index contributed by atoms with van der Waals surface area (Å²) in [5, 5.41) is 11.4. The van der Waals surface area contributed by atoms with Gasteiger partial charge in [-0.15, -0.1) is 6.58 Å². The van der Waals surface area contributed by atoms with Crippen LogP contribution < -0.4 is 4.74 Å². The number of nitrogens with zero attached hydrogens (tertiary/aromatic N) is 4. The third-order valence-electron chi connectivity index (χ3n) is 4.46. The van der Waals surface area contributed by atoms with Gasteiger partial charge in [-0.3, -0.25) is 14.6 Å². The number of H-pyrrole nitrogens is 1. The summed E-state index contributed by atoms with van der Waals surface area (Å²) in [6, 6.07) is 9.42. The number of benzene rings is 1. The lowest BCUT2D eigenvalue weighted by Gasteiger charge is -2.20. The van der Waals surface area contributed by atoms with Crippen LogP contribution in [0, 0.1) is 6.92 Å². The van der Waals surface area contributed by atoms with Gasteiger partial charge in [0.05, 0.1) is 19.0 Å². The largest absolute Gasteiger partial charge is 0.497 e. The van der Waals surface area contributed by atoms with Crippen molar-refractivity contribution in [1.29, 1.82) is 0 Å². The molecular formula is C20H23N5O2. The van der Waals surface area contributed by atoms with Crippen LogP contribution in [0.15, 0.2) is 49.2 Å². The van der Waals surface area contributed by atoms with Crippen LogP contribution in [-0.2, 0) is 13.6 Å². The second kappa shape index (κ2) is 7.90. The Bertz CT molecular complexity index is 957. The highest BCUT2D eigenvalue weighted by Crippen LogP contribution is 2.22. The van der Waals surface area contributed by atoms with E-state index in [-0.39, 0.29) is 5.91 Å². The summed E-state index contributed by atoms with van der Waals surface area (Å²) < 4.78 is 7.04. The number of hydrogen-bond donors (Lipinski definition) is 1. The van der Waals surface area contributed by atoms with E-state index in [0.717, 1.165) is 22.6 Å². The van der Waals surface area contributed by atoms with Gasteiger partial charge in [-0.1, -0.05) is 18.2 Å². The topological polar surface area (TPSA) is 76.0 Å². The minimum atomic E-state index is -0.141. The van der Waals surface area contributed by atoms with Gasteiger partial charge in [0, 0.05) is 31.4 Å². The first-order chi connectivity index (χ1) is 13.0. The Balaban J connectivity index is 1.82. The van der Waals surface area contributed by atoms with Crippen LogP contribution in [0.2, 0.25) is 0 Å². The van der Waals surface area contributed by atoms with Crippen molar-refractivity contribution < 1.29 is 9.53 Å². The first kappa shape index (κ1) is 18.4. The van der Waals surface area contributed by atoms with Gasteiger partial charge in [-0.05, 0) is 30.7 Å². The summed E-state index contributed by atoms with van der Waals surface area (Å²) in [7, 11) is 3.50. The number of rotatable bonds is 7. The van der Waals surface area contributed by atoms with Crippen molar-refractivity contribution in [1.82, 2.24) is 24.9 Å². The number of carbonyl (C=O) groups is 1. The van der Waals surface area contributed by atoms with Gasteiger partial charge in [-0.25, -0.2) is 0 Å². The van der Waals surface area contributed by atoms with Gasteiger partial charge in [0.15, 0.2) is 0 Å². The monoisotopic (exact) mass is 365 g/mol. The van der Waals surface area contributed by atoms with E-state index < -0.39 is 0 Å². The zero-order valence-electron chi connectivity index (χ0n) is 15.8. The van der Waals surface area contributed by atoms with Gasteiger partial charge < -0.3 is 9.64 Å². The lowest BCUT2D eigenvalue weighted by Crippen LogP contribution is -2.31. The van der Waals surface area contributed by atoms with Gasteiger partial charge in [0.1, 0.15) is 11.4 Å². The molecule has 2 aromatic heterocycles. The Labute approximate surface area is 158 Å². The second-order valence-electron chi connectivity index (χ2n) is 6.26. The van der Waals surface area contributed by atoms with Crippen LogP contribution in [0.4, 0.5) is 0 Å². The molecule has 1 N–H and O–H groups in total. The molecule has 27 heavy (non-hydrogen) atoms. The zero-order chi connectivity index (χ0) is 19.4. The number of aryl methyl sites for hydroxylation is 1. The van der Waals surface area contributed by atoms with Crippen molar-refractivity contribution in [3.05, 3.63) is 66.1 Å². The van der Waals surface area contributed by atoms with Gasteiger partial charge >= 0.3 is 0 Å². The molecule has 0 aliphatic heterocycles. The van der Waals surface area contributed by atoms with Crippen LogP contribution in [0.25, 0.3) is 11.3 Å². The van der Waals surface area contributed by atoms with Crippen molar-refractivity contribution in [3.8, 4) is 17.0 Å². The summed E-state index contributed by atoms with van der Waals surface area (Å²) in [5.41, 5.74) is 3.99. The maximum atomic E-state index is 13.0. The summed E-state index contributed by atoms with van der Waals surface area (Å²) in [6.45, 7) is 6.60. The van der Waals surface area contributed by atoms with Crippen LogP contribution in [0.5, 0.6) is 5.75 Å². The first-order valence-electron chi connectivity index (χ1n) is 8.61. The van der Waals surface area contributed by atoms with E-state index in [0.29, 0.717) is 24.5 Å². The fraction of sp³-hybridized carbons (Fsp3) is 0.250. The molecule has 140 valence electrons. The van der Waals surface area contributed by atoms with Crippen LogP contribution in [-0.4, -0.2) is 44.4 Å². The molecule has 0 bridgehead atoms. The minimum absolute atomic E-state index is 0.141. The molecule has 1 amide bonds. The van der Waals surface area contributed by atoms with E-state index >= 15 is 0 Å². The van der Waals surface area contributed by atoms with Crippen molar-refractivity contribution >= 4 is 5.91 Å². The molecule has 0 aliphatic carbocycles. The SMILES string of the molecule is C=CCN(Cc1cccc(OC)c1)C(=O)c1cc(-c2cnn(C)c2C)n[nH]1. The lowest BCUT2D eigenvalue weighted by atomic mass is 10.1. The smallest absolute Gasteiger partial charge is 0.272 e. The highest BCUT2D eigenvalue weighted by molar-refractivity contribution is 5.93. The predicted molar refractivity (Wildman–Crippen MR) is 103 cm³/mol. The van der Waals surface area contributed by atoms with Gasteiger partial charge in [0.2, 0.25) is 0 Å². The van der Waals surface area contributed by atoms with Gasteiger partial charge in [-0.2, -0.15) is 10.2 Å². The Morgan fingerprint density at radius 2 is 2.22 bits per heavy atom. The maximum Gasteiger partial charge on any atom is 0.272 e. The van der Waals surface area contributed by atoms with E-state index in [4.69, 9.17) is 4.74 Å². The number of methoxy groups -OCH3 is 1. The fourth-order valence-electron chi connectivity index (χ4n) is 2.86. The molecule has 7 heteroatoms. The van der Waals surface area contributed by atoms with Crippen LogP contribution >= 0.6 is 0 Å². The molecule has 7 nitrogen and oxygen atoms in total. The number of aromatic amines is 1. The molecule has 0 saturated heterocycles. The van der Waals surface area contributed by atoms with Crippen molar-refractivity contribution in [2.24, 2.45) is 7.05 Å². The molecule has 0 spiro atoms. The van der Waals surface area contributed by atoms with Crippen LogP contribution in [0.1, 0.15) is 21.7 Å². The molecule has 2 heterocycles. The number of amides is 1. The Morgan fingerprint density at radius 3 is 2.89 bits per heavy atom. The molecule has 0 saturated carbocycles. The summed E-state index contributed by atoms with van der Waals surface area (Å²) in [4.78, 5) is 14.7. The molecule has 0 radical (unpaired) electrons. The maximum absolute atomic E-state index is 13.0. The third kappa shape index (κ3) is 3.92. The average molecular weight is 365 g/mol. The van der Waals surface area contributed by atoms with E-state index in [2.05, 4.69) is 21.9 Å². The molecule has 0 fully saturated rings. The second-order valence-corrected chi connectivity index (χ2v) is 6.26. The average Bonchev–Trinajstić information content (AvgIpc) is 3.28. The van der Waals surface area contributed by atoms with Crippen molar-refractivity contribution in [3.63, 3.8) is 0 Å². The standard InChI is InChI=1S/C20H23N5O2/c1-5-9-25(13-15-7-6-8-16(10-15)27-4)20(26)19-11-18(22-23-19)17-12-21-24(3)14(17)2/h5-8,10-12H,1,9,13H2,2-4H3,(H,22,23). The van der Waals surface area contributed by atoms with E-state index in [1.54, 1.807) is 35.0 Å². The number of hydrogen-bond acceptors (Lipinski definition) is 4. The minimum Gasteiger partial charge on any atom is -0.497 e. The molecular weight excluding hydrogens is 342 g/mol. The number of ether oxygens (including phenoxy) is 1. The summed E-state index contributed by atoms with van der Waals surface area (Å²) in [6.07, 6.45) is 3.46. The summed E-state index contributed by atoms with van der Waals surface area (Å²) >= 11 is 0. The highest BCUT2D eigenvalue weighted by atomic mass is 16.5. The number of carbonyl (C=O) groups excluding carboxylic acids is 1. The molecule has 0 unspecified atom stereocenters. The Kier molecular flexibility index (Phi) is 5.40. The molecule has 0 atom stereocenters. The van der Waals surface area contributed by atoms with Crippen molar-refractivity contribution in [2.45, 2.75) is 13.5 Å². The van der Waals surface area contributed by atoms with E-state index in [9.17, 15) is 4.79 Å². The molecule has 0 aliphatic rings. The van der Waals surface area contributed by atoms with Crippen LogP contribution in [0.3, 0.4) is 0 Å². The first-order valence-corrected chi connectivity index (χ1v) is 8.61. The summed E-state index contributed by atoms with van der Waals surface area (Å²) in [5.74, 6) is 0.618. The Morgan fingerprint density at radius 1 is 1.41 bits per heavy atom. The Hall–Kier alpha value is -3.35. The molecule has 3 aromatic rings. The molecule has 1 aromatic carbocycles. The number of nitrogens with one attached hydrogen (secondary N) is 1. The van der Waals surface area contributed by atoms with E-state index in [1.807, 2.05) is 38.2 Å². The number of aromatic nitrogens is 4. The quantitative estimate of drug-likeness (QED) is 0.653. The fourth-order valence-corrected chi connectivity index (χ4v) is 2.86.